The van der Waals surface area contributed by atoms with Gasteiger partial charge in [-0.2, -0.15) is 23.3 Å². The molecule has 2 heterocycles. The van der Waals surface area contributed by atoms with Crippen LogP contribution in [0.15, 0.2) is 12.3 Å². The van der Waals surface area contributed by atoms with Crippen molar-refractivity contribution in [1.82, 2.24) is 20.2 Å². The number of methoxy groups -OCH3 is 2. The Kier molecular flexibility index (Phi) is 4.02. The van der Waals surface area contributed by atoms with Crippen molar-refractivity contribution in [3.05, 3.63) is 23.5 Å². The minimum absolute atomic E-state index is 0.0751. The molecule has 0 unspecified atom stereocenters. The highest BCUT2D eigenvalue weighted by molar-refractivity contribution is 5.64. The second kappa shape index (κ2) is 5.88. The molecular formula is C15H15F3N4O2. The molecule has 3 rings (SSSR count). The van der Waals surface area contributed by atoms with Gasteiger partial charge in [-0.05, 0) is 30.9 Å². The number of rotatable bonds is 4. The topological polar surface area (TPSA) is 70.0 Å². The lowest BCUT2D eigenvalue weighted by Gasteiger charge is -2.10. The van der Waals surface area contributed by atoms with Gasteiger partial charge < -0.3 is 9.47 Å². The number of hydrogen-bond donors (Lipinski definition) is 0. The van der Waals surface area contributed by atoms with Gasteiger partial charge in [0.15, 0.2) is 0 Å². The van der Waals surface area contributed by atoms with Crippen molar-refractivity contribution in [2.24, 2.45) is 5.92 Å². The van der Waals surface area contributed by atoms with Crippen molar-refractivity contribution in [3.8, 4) is 23.1 Å². The summed E-state index contributed by atoms with van der Waals surface area (Å²) < 4.78 is 48.6. The van der Waals surface area contributed by atoms with Crippen molar-refractivity contribution in [1.29, 1.82) is 0 Å². The van der Waals surface area contributed by atoms with Gasteiger partial charge in [0.25, 0.3) is 0 Å². The van der Waals surface area contributed by atoms with Gasteiger partial charge in [-0.3, -0.25) is 0 Å². The molecule has 0 N–H and O–H groups in total. The average Bonchev–Trinajstić information content (AvgIpc) is 3.35. The van der Waals surface area contributed by atoms with Crippen LogP contribution < -0.4 is 9.47 Å². The Morgan fingerprint density at radius 2 is 1.92 bits per heavy atom. The van der Waals surface area contributed by atoms with Crippen LogP contribution in [0, 0.1) is 12.8 Å². The molecule has 2 atom stereocenters. The number of ether oxygens (including phenoxy) is 2. The zero-order chi connectivity index (χ0) is 17.5. The zero-order valence-corrected chi connectivity index (χ0v) is 13.3. The van der Waals surface area contributed by atoms with Crippen molar-refractivity contribution in [2.75, 3.05) is 14.2 Å². The highest BCUT2D eigenvalue weighted by Crippen LogP contribution is 2.56. The third-order valence-corrected chi connectivity index (χ3v) is 4.01. The predicted octanol–water partition coefficient (Wildman–Crippen LogP) is 2.93. The first kappa shape index (κ1) is 16.4. The average molecular weight is 340 g/mol. The molecule has 1 aliphatic carbocycles. The van der Waals surface area contributed by atoms with Gasteiger partial charge in [-0.15, -0.1) is 5.10 Å². The van der Waals surface area contributed by atoms with Crippen molar-refractivity contribution in [2.45, 2.75) is 25.4 Å². The maximum atomic E-state index is 12.8. The van der Waals surface area contributed by atoms with Gasteiger partial charge >= 0.3 is 12.2 Å². The molecule has 6 nitrogen and oxygen atoms in total. The van der Waals surface area contributed by atoms with Crippen molar-refractivity contribution in [3.63, 3.8) is 0 Å². The Morgan fingerprint density at radius 3 is 2.50 bits per heavy atom. The van der Waals surface area contributed by atoms with E-state index in [1.165, 1.54) is 20.4 Å². The van der Waals surface area contributed by atoms with Crippen LogP contribution in [-0.2, 0) is 0 Å². The van der Waals surface area contributed by atoms with Crippen LogP contribution in [0.1, 0.15) is 23.6 Å². The monoisotopic (exact) mass is 340 g/mol. The zero-order valence-electron chi connectivity index (χ0n) is 13.3. The van der Waals surface area contributed by atoms with E-state index < -0.39 is 18.0 Å². The highest BCUT2D eigenvalue weighted by Gasteiger charge is 2.56. The van der Waals surface area contributed by atoms with Crippen LogP contribution in [0.5, 0.6) is 11.9 Å². The lowest BCUT2D eigenvalue weighted by Crippen LogP contribution is -2.12. The summed E-state index contributed by atoms with van der Waals surface area (Å²) in [5.41, 5.74) is 1.84. The molecule has 1 fully saturated rings. The summed E-state index contributed by atoms with van der Waals surface area (Å²) in [5.74, 6) is -1.68. The first-order chi connectivity index (χ1) is 11.3. The standard InChI is InChI=1S/C15H15F3N4O2/c1-7-8(9-4-11(9)15(16,17)18)5-12(22-21-7)10-6-19-14(24-3)20-13(10)23-2/h5-6,9,11H,4H2,1-3H3/t9-,11+/m1/s1. The van der Waals surface area contributed by atoms with Gasteiger partial charge in [0.2, 0.25) is 5.88 Å². The molecule has 128 valence electrons. The lowest BCUT2D eigenvalue weighted by atomic mass is 10.1. The molecule has 0 aromatic carbocycles. The maximum absolute atomic E-state index is 12.8. The van der Waals surface area contributed by atoms with Crippen LogP contribution in [-0.4, -0.2) is 40.6 Å². The Balaban J connectivity index is 1.98. The number of hydrogen-bond acceptors (Lipinski definition) is 6. The number of aryl methyl sites for hydroxylation is 1. The second-order valence-electron chi connectivity index (χ2n) is 5.54. The Bertz CT molecular complexity index is 767. The number of aromatic nitrogens is 4. The van der Waals surface area contributed by atoms with E-state index in [2.05, 4.69) is 20.2 Å². The molecule has 2 aromatic heterocycles. The lowest BCUT2D eigenvalue weighted by molar-refractivity contribution is -0.148. The molecule has 1 aliphatic rings. The fraction of sp³-hybridized carbons (Fsp3) is 0.467. The number of alkyl halides is 3. The predicted molar refractivity (Wildman–Crippen MR) is 77.8 cm³/mol. The van der Waals surface area contributed by atoms with Crippen LogP contribution in [0.2, 0.25) is 0 Å². The first-order valence-electron chi connectivity index (χ1n) is 7.21. The SMILES string of the molecule is COc1ncc(-c2cc([C@H]3C[C@@H]3C(F)(F)F)c(C)nn2)c(OC)n1. The molecule has 0 amide bonds. The summed E-state index contributed by atoms with van der Waals surface area (Å²) in [5, 5.41) is 8.03. The molecule has 0 aliphatic heterocycles. The fourth-order valence-electron chi connectivity index (χ4n) is 2.66. The minimum Gasteiger partial charge on any atom is -0.480 e. The smallest absolute Gasteiger partial charge is 0.392 e. The second-order valence-corrected chi connectivity index (χ2v) is 5.54. The Labute approximate surface area is 136 Å². The van der Waals surface area contributed by atoms with E-state index in [9.17, 15) is 13.2 Å². The van der Waals surface area contributed by atoms with E-state index in [-0.39, 0.29) is 18.3 Å². The quantitative estimate of drug-likeness (QED) is 0.852. The van der Waals surface area contributed by atoms with E-state index in [1.807, 2.05) is 0 Å². The first-order valence-corrected chi connectivity index (χ1v) is 7.21. The normalized spacial score (nSPS) is 19.9. The van der Waals surface area contributed by atoms with Crippen molar-refractivity contribution < 1.29 is 22.6 Å². The molecule has 0 saturated heterocycles. The molecule has 0 bridgehead atoms. The van der Waals surface area contributed by atoms with Gasteiger partial charge in [-0.1, -0.05) is 0 Å². The van der Waals surface area contributed by atoms with E-state index in [0.29, 0.717) is 22.5 Å². The summed E-state index contributed by atoms with van der Waals surface area (Å²) in [4.78, 5) is 8.04. The molecule has 9 heteroatoms. The van der Waals surface area contributed by atoms with E-state index >= 15 is 0 Å². The summed E-state index contributed by atoms with van der Waals surface area (Å²) in [6, 6.07) is 1.72. The third-order valence-electron chi connectivity index (χ3n) is 4.01. The van der Waals surface area contributed by atoms with Gasteiger partial charge in [-0.25, -0.2) is 4.98 Å². The molecule has 24 heavy (non-hydrogen) atoms. The van der Waals surface area contributed by atoms with Crippen LogP contribution >= 0.6 is 0 Å². The van der Waals surface area contributed by atoms with Gasteiger partial charge in [0, 0.05) is 6.20 Å². The van der Waals surface area contributed by atoms with E-state index in [4.69, 9.17) is 9.47 Å². The number of halogens is 3. The van der Waals surface area contributed by atoms with Gasteiger partial charge in [0.1, 0.15) is 5.69 Å². The van der Waals surface area contributed by atoms with E-state index in [1.54, 1.807) is 13.0 Å². The molecule has 0 radical (unpaired) electrons. The molecule has 2 aromatic rings. The third kappa shape index (κ3) is 2.98. The Hall–Kier alpha value is -2.45. The van der Waals surface area contributed by atoms with Gasteiger partial charge in [0.05, 0.1) is 31.4 Å². The molecule has 1 saturated carbocycles. The highest BCUT2D eigenvalue weighted by atomic mass is 19.4. The fourth-order valence-corrected chi connectivity index (χ4v) is 2.66. The Morgan fingerprint density at radius 1 is 1.17 bits per heavy atom. The van der Waals surface area contributed by atoms with E-state index in [0.717, 1.165) is 0 Å². The van der Waals surface area contributed by atoms with Crippen molar-refractivity contribution >= 4 is 0 Å². The molecule has 0 spiro atoms. The summed E-state index contributed by atoms with van der Waals surface area (Å²) in [6.07, 6.45) is -2.67. The minimum atomic E-state index is -4.19. The largest absolute Gasteiger partial charge is 0.480 e. The molecular weight excluding hydrogens is 325 g/mol. The number of nitrogens with zero attached hydrogens (tertiary/aromatic N) is 4. The van der Waals surface area contributed by atoms with Crippen LogP contribution in [0.25, 0.3) is 11.3 Å². The van der Waals surface area contributed by atoms with Crippen LogP contribution in [0.3, 0.4) is 0 Å². The summed E-state index contributed by atoms with van der Waals surface area (Å²) >= 11 is 0. The maximum Gasteiger partial charge on any atom is 0.392 e. The summed E-state index contributed by atoms with van der Waals surface area (Å²) in [7, 11) is 2.84. The summed E-state index contributed by atoms with van der Waals surface area (Å²) in [6.45, 7) is 1.65. The van der Waals surface area contributed by atoms with Crippen LogP contribution in [0.4, 0.5) is 13.2 Å².